The van der Waals surface area contributed by atoms with Gasteiger partial charge in [0.1, 0.15) is 0 Å². The van der Waals surface area contributed by atoms with Crippen molar-refractivity contribution < 1.29 is 0 Å². The van der Waals surface area contributed by atoms with Gasteiger partial charge in [-0.05, 0) is 44.2 Å². The van der Waals surface area contributed by atoms with E-state index >= 15 is 0 Å². The van der Waals surface area contributed by atoms with Gasteiger partial charge in [-0.15, -0.1) is 0 Å². The van der Waals surface area contributed by atoms with E-state index in [0.717, 1.165) is 17.9 Å². The molecule has 0 aromatic heterocycles. The Labute approximate surface area is 94.2 Å². The Bertz CT molecular complexity index is 175. The highest BCUT2D eigenvalue weighted by Gasteiger charge is 2.23. The minimum atomic E-state index is 0.746. The Kier molecular flexibility index (Phi) is 4.45. The lowest BCUT2D eigenvalue weighted by molar-refractivity contribution is 0.348. The normalized spacial score (nSPS) is 37.0. The zero-order valence-corrected chi connectivity index (χ0v) is 10.1. The fraction of sp³-hybridized carbons (Fsp3) is 1.00. The Balaban J connectivity index is 1.57. The standard InChI is InChI=1S/C13H26N2/c1-11-5-4-6-12(11)9-14-10-13-7-2-3-8-15-13/h11-15H,2-10H2,1H3. The van der Waals surface area contributed by atoms with Gasteiger partial charge in [-0.2, -0.15) is 0 Å². The summed E-state index contributed by atoms with van der Waals surface area (Å²) in [7, 11) is 0. The molecule has 2 heteroatoms. The van der Waals surface area contributed by atoms with Crippen molar-refractivity contribution in [2.24, 2.45) is 11.8 Å². The van der Waals surface area contributed by atoms with E-state index in [1.165, 1.54) is 58.2 Å². The average Bonchev–Trinajstić information content (AvgIpc) is 2.66. The molecule has 0 bridgehead atoms. The zero-order chi connectivity index (χ0) is 10.5. The molecule has 0 aromatic carbocycles. The lowest BCUT2D eigenvalue weighted by Crippen LogP contribution is -2.42. The second-order valence-electron chi connectivity index (χ2n) is 5.47. The van der Waals surface area contributed by atoms with Gasteiger partial charge in [-0.25, -0.2) is 0 Å². The van der Waals surface area contributed by atoms with Crippen molar-refractivity contribution in [3.05, 3.63) is 0 Å². The van der Waals surface area contributed by atoms with Crippen molar-refractivity contribution in [1.82, 2.24) is 10.6 Å². The van der Waals surface area contributed by atoms with Crippen molar-refractivity contribution in [2.75, 3.05) is 19.6 Å². The van der Waals surface area contributed by atoms with Crippen LogP contribution in [0.2, 0.25) is 0 Å². The molecule has 1 aliphatic heterocycles. The highest BCUT2D eigenvalue weighted by atomic mass is 15.0. The highest BCUT2D eigenvalue weighted by Crippen LogP contribution is 2.30. The Morgan fingerprint density at radius 3 is 2.67 bits per heavy atom. The molecule has 88 valence electrons. The lowest BCUT2D eigenvalue weighted by atomic mass is 9.98. The summed E-state index contributed by atoms with van der Waals surface area (Å²) in [6.45, 7) is 6.08. The van der Waals surface area contributed by atoms with Gasteiger partial charge in [0.05, 0.1) is 0 Å². The molecule has 0 spiro atoms. The van der Waals surface area contributed by atoms with Gasteiger partial charge in [0.25, 0.3) is 0 Å². The van der Waals surface area contributed by atoms with Gasteiger partial charge < -0.3 is 10.6 Å². The number of rotatable bonds is 4. The fourth-order valence-corrected chi connectivity index (χ4v) is 3.07. The van der Waals surface area contributed by atoms with Crippen molar-refractivity contribution >= 4 is 0 Å². The first kappa shape index (κ1) is 11.4. The van der Waals surface area contributed by atoms with Crippen LogP contribution in [-0.2, 0) is 0 Å². The van der Waals surface area contributed by atoms with E-state index in [1.807, 2.05) is 0 Å². The molecule has 2 nitrogen and oxygen atoms in total. The summed E-state index contributed by atoms with van der Waals surface area (Å²) in [4.78, 5) is 0. The summed E-state index contributed by atoms with van der Waals surface area (Å²) < 4.78 is 0. The summed E-state index contributed by atoms with van der Waals surface area (Å²) in [6, 6.07) is 0.746. The molecule has 15 heavy (non-hydrogen) atoms. The van der Waals surface area contributed by atoms with Gasteiger partial charge in [0.2, 0.25) is 0 Å². The molecule has 2 fully saturated rings. The molecule has 3 unspecified atom stereocenters. The van der Waals surface area contributed by atoms with Gasteiger partial charge in [0, 0.05) is 12.6 Å². The van der Waals surface area contributed by atoms with Gasteiger partial charge in [-0.1, -0.05) is 26.2 Å². The summed E-state index contributed by atoms with van der Waals surface area (Å²) in [5.41, 5.74) is 0. The molecule has 2 N–H and O–H groups in total. The molecule has 0 radical (unpaired) electrons. The number of piperidine rings is 1. The first-order chi connectivity index (χ1) is 7.36. The predicted octanol–water partition coefficient (Wildman–Crippen LogP) is 2.15. The minimum Gasteiger partial charge on any atom is -0.315 e. The van der Waals surface area contributed by atoms with Crippen molar-refractivity contribution in [1.29, 1.82) is 0 Å². The maximum Gasteiger partial charge on any atom is 0.0192 e. The van der Waals surface area contributed by atoms with E-state index in [0.29, 0.717) is 0 Å². The zero-order valence-electron chi connectivity index (χ0n) is 10.1. The Morgan fingerprint density at radius 2 is 2.00 bits per heavy atom. The number of hydrogen-bond acceptors (Lipinski definition) is 2. The van der Waals surface area contributed by atoms with Crippen LogP contribution in [0.1, 0.15) is 45.4 Å². The van der Waals surface area contributed by atoms with Gasteiger partial charge in [0.15, 0.2) is 0 Å². The summed E-state index contributed by atoms with van der Waals surface area (Å²) >= 11 is 0. The second kappa shape index (κ2) is 5.86. The Hall–Kier alpha value is -0.0800. The van der Waals surface area contributed by atoms with Crippen LogP contribution >= 0.6 is 0 Å². The predicted molar refractivity (Wildman–Crippen MR) is 65.0 cm³/mol. The maximum absolute atomic E-state index is 3.66. The molecule has 3 atom stereocenters. The third-order valence-corrected chi connectivity index (χ3v) is 4.25. The smallest absolute Gasteiger partial charge is 0.0192 e. The lowest BCUT2D eigenvalue weighted by Gasteiger charge is -2.25. The molecular weight excluding hydrogens is 184 g/mol. The summed E-state index contributed by atoms with van der Waals surface area (Å²) in [5, 5.41) is 7.26. The van der Waals surface area contributed by atoms with Crippen LogP contribution in [0.3, 0.4) is 0 Å². The van der Waals surface area contributed by atoms with E-state index in [4.69, 9.17) is 0 Å². The quantitative estimate of drug-likeness (QED) is 0.743. The molecule has 2 rings (SSSR count). The van der Waals surface area contributed by atoms with E-state index in [1.54, 1.807) is 0 Å². The minimum absolute atomic E-state index is 0.746. The fourth-order valence-electron chi connectivity index (χ4n) is 3.07. The number of nitrogens with one attached hydrogen (secondary N) is 2. The summed E-state index contributed by atoms with van der Waals surface area (Å²) in [5.74, 6) is 1.91. The third kappa shape index (κ3) is 3.46. The van der Waals surface area contributed by atoms with Crippen LogP contribution < -0.4 is 10.6 Å². The van der Waals surface area contributed by atoms with E-state index in [2.05, 4.69) is 17.6 Å². The van der Waals surface area contributed by atoms with Crippen LogP contribution in [0.4, 0.5) is 0 Å². The molecule has 0 amide bonds. The largest absolute Gasteiger partial charge is 0.315 e. The van der Waals surface area contributed by atoms with Crippen molar-refractivity contribution in [2.45, 2.75) is 51.5 Å². The van der Waals surface area contributed by atoms with Gasteiger partial charge >= 0.3 is 0 Å². The molecular formula is C13H26N2. The Morgan fingerprint density at radius 1 is 1.07 bits per heavy atom. The van der Waals surface area contributed by atoms with Crippen LogP contribution in [0, 0.1) is 11.8 Å². The second-order valence-corrected chi connectivity index (χ2v) is 5.47. The first-order valence-electron chi connectivity index (χ1n) is 6.80. The van der Waals surface area contributed by atoms with Crippen LogP contribution in [-0.4, -0.2) is 25.7 Å². The highest BCUT2D eigenvalue weighted by molar-refractivity contribution is 4.78. The van der Waals surface area contributed by atoms with Crippen LogP contribution in [0.5, 0.6) is 0 Å². The third-order valence-electron chi connectivity index (χ3n) is 4.25. The SMILES string of the molecule is CC1CCCC1CNCC1CCCCN1. The van der Waals surface area contributed by atoms with Crippen LogP contribution in [0.15, 0.2) is 0 Å². The topological polar surface area (TPSA) is 24.1 Å². The molecule has 1 saturated carbocycles. The van der Waals surface area contributed by atoms with E-state index in [-0.39, 0.29) is 0 Å². The molecule has 1 saturated heterocycles. The van der Waals surface area contributed by atoms with Gasteiger partial charge in [-0.3, -0.25) is 0 Å². The maximum atomic E-state index is 3.66. The molecule has 1 heterocycles. The van der Waals surface area contributed by atoms with E-state index in [9.17, 15) is 0 Å². The van der Waals surface area contributed by atoms with E-state index < -0.39 is 0 Å². The molecule has 0 aromatic rings. The molecule has 2 aliphatic rings. The number of hydrogen-bond donors (Lipinski definition) is 2. The first-order valence-corrected chi connectivity index (χ1v) is 6.80. The average molecular weight is 210 g/mol. The summed E-state index contributed by atoms with van der Waals surface area (Å²) in [6.07, 6.45) is 8.51. The monoisotopic (exact) mass is 210 g/mol. The van der Waals surface area contributed by atoms with Crippen molar-refractivity contribution in [3.63, 3.8) is 0 Å². The van der Waals surface area contributed by atoms with Crippen molar-refractivity contribution in [3.8, 4) is 0 Å². The van der Waals surface area contributed by atoms with Crippen LogP contribution in [0.25, 0.3) is 0 Å². The molecule has 1 aliphatic carbocycles.